The second kappa shape index (κ2) is 5.76. The summed E-state index contributed by atoms with van der Waals surface area (Å²) >= 11 is 0. The van der Waals surface area contributed by atoms with Crippen molar-refractivity contribution in [3.8, 4) is 11.3 Å². The fourth-order valence-electron chi connectivity index (χ4n) is 2.48. The van der Waals surface area contributed by atoms with Gasteiger partial charge in [-0.1, -0.05) is 30.3 Å². The van der Waals surface area contributed by atoms with Crippen molar-refractivity contribution in [2.75, 3.05) is 0 Å². The van der Waals surface area contributed by atoms with Gasteiger partial charge in [0.15, 0.2) is 0 Å². The number of pyridine rings is 1. The fraction of sp³-hybridized carbons (Fsp3) is 0.188. The molecule has 1 N–H and O–H groups in total. The molecule has 0 fully saturated rings. The Hall–Kier alpha value is -3.10. The molecule has 6 nitrogen and oxygen atoms in total. The summed E-state index contributed by atoms with van der Waals surface area (Å²) in [6.45, 7) is 1.09. The maximum absolute atomic E-state index is 13.5. The number of oxazole rings is 1. The lowest BCUT2D eigenvalue weighted by molar-refractivity contribution is -0.141. The number of aromatic nitrogens is 2. The molecule has 0 radical (unpaired) electrons. The molecule has 0 aliphatic carbocycles. The van der Waals surface area contributed by atoms with Crippen molar-refractivity contribution in [3.05, 3.63) is 52.5 Å². The first-order valence-corrected chi connectivity index (χ1v) is 7.11. The van der Waals surface area contributed by atoms with Gasteiger partial charge in [0.2, 0.25) is 5.71 Å². The smallest absolute Gasteiger partial charge is 0.422 e. The average molecular weight is 352 g/mol. The summed E-state index contributed by atoms with van der Waals surface area (Å²) < 4.78 is 45.9. The van der Waals surface area contributed by atoms with Crippen LogP contribution >= 0.6 is 0 Å². The molecule has 130 valence electrons. The highest BCUT2D eigenvalue weighted by atomic mass is 19.4. The van der Waals surface area contributed by atoms with Crippen LogP contribution in [0.1, 0.15) is 18.5 Å². The van der Waals surface area contributed by atoms with Crippen molar-refractivity contribution in [3.63, 3.8) is 0 Å². The minimum atomic E-state index is -4.83. The van der Waals surface area contributed by atoms with Gasteiger partial charge in [0.05, 0.1) is 11.3 Å². The molecular weight excluding hydrogens is 341 g/mol. The summed E-state index contributed by atoms with van der Waals surface area (Å²) in [6, 6.07) is 7.30. The fourth-order valence-corrected chi connectivity index (χ4v) is 2.48. The van der Waals surface area contributed by atoms with Crippen LogP contribution in [0.2, 0.25) is 0 Å². The van der Waals surface area contributed by atoms with Crippen LogP contribution in [0.5, 0.6) is 0 Å². The lowest BCUT2D eigenvalue weighted by Crippen LogP contribution is -2.25. The van der Waals surface area contributed by atoms with E-state index in [-0.39, 0.29) is 5.69 Å². The van der Waals surface area contributed by atoms with Gasteiger partial charge in [0, 0.05) is 5.56 Å². The average Bonchev–Trinajstić information content (AvgIpc) is 2.88. The third kappa shape index (κ3) is 2.88. The summed E-state index contributed by atoms with van der Waals surface area (Å²) in [5.41, 5.74) is -2.07. The number of rotatable bonds is 3. The van der Waals surface area contributed by atoms with Gasteiger partial charge in [-0.2, -0.15) is 13.2 Å². The predicted octanol–water partition coefficient (Wildman–Crippen LogP) is 3.32. The molecule has 0 bridgehead atoms. The molecule has 0 spiro atoms. The van der Waals surface area contributed by atoms with Crippen molar-refractivity contribution >= 4 is 17.2 Å². The Labute approximate surface area is 138 Å². The highest BCUT2D eigenvalue weighted by molar-refractivity contribution is 5.81. The minimum Gasteiger partial charge on any atom is -0.480 e. The van der Waals surface area contributed by atoms with E-state index in [2.05, 4.69) is 4.98 Å². The zero-order valence-corrected chi connectivity index (χ0v) is 12.7. The van der Waals surface area contributed by atoms with Gasteiger partial charge < -0.3 is 9.52 Å². The van der Waals surface area contributed by atoms with Gasteiger partial charge in [-0.25, -0.2) is 14.6 Å². The molecule has 9 heteroatoms. The lowest BCUT2D eigenvalue weighted by atomic mass is 10.1. The molecule has 3 rings (SSSR count). The number of halogens is 3. The van der Waals surface area contributed by atoms with Crippen LogP contribution < -0.4 is 5.76 Å². The number of benzene rings is 1. The zero-order chi connectivity index (χ0) is 18.4. The number of hydrogen-bond donors (Lipinski definition) is 1. The number of alkyl halides is 3. The molecular formula is C16H11F3N2O4. The van der Waals surface area contributed by atoms with Gasteiger partial charge in [-0.15, -0.1) is 0 Å². The number of carbonyl (C=O) groups is 1. The Morgan fingerprint density at radius 3 is 2.48 bits per heavy atom. The van der Waals surface area contributed by atoms with E-state index in [1.807, 2.05) is 0 Å². The molecule has 0 saturated carbocycles. The molecule has 0 amide bonds. The molecule has 1 aromatic carbocycles. The molecule has 2 heterocycles. The molecule has 1 atom stereocenters. The number of carboxylic acid groups (broad SMARTS) is 1. The Balaban J connectivity index is 2.39. The summed E-state index contributed by atoms with van der Waals surface area (Å²) in [7, 11) is 0. The summed E-state index contributed by atoms with van der Waals surface area (Å²) in [6.07, 6.45) is -4.83. The SMILES string of the molecule is CC(C(=O)O)n1c(=O)oc2nc(-c3ccccc3)cc(C(F)(F)F)c21. The first-order chi connectivity index (χ1) is 11.7. The quantitative estimate of drug-likeness (QED) is 0.782. The largest absolute Gasteiger partial charge is 0.480 e. The Morgan fingerprint density at radius 2 is 1.92 bits per heavy atom. The van der Waals surface area contributed by atoms with Crippen molar-refractivity contribution in [1.29, 1.82) is 0 Å². The summed E-state index contributed by atoms with van der Waals surface area (Å²) in [5, 5.41) is 9.06. The second-order valence-corrected chi connectivity index (χ2v) is 5.32. The molecule has 0 aliphatic rings. The van der Waals surface area contributed by atoms with Crippen molar-refractivity contribution in [2.45, 2.75) is 19.1 Å². The Kier molecular flexibility index (Phi) is 3.86. The molecule has 0 saturated heterocycles. The van der Waals surface area contributed by atoms with E-state index in [9.17, 15) is 22.8 Å². The lowest BCUT2D eigenvalue weighted by Gasteiger charge is -2.13. The normalized spacial score (nSPS) is 13.1. The van der Waals surface area contributed by atoms with E-state index in [4.69, 9.17) is 9.52 Å². The Morgan fingerprint density at radius 1 is 1.28 bits per heavy atom. The molecule has 2 aromatic heterocycles. The molecule has 25 heavy (non-hydrogen) atoms. The van der Waals surface area contributed by atoms with Crippen LogP contribution in [0, 0.1) is 0 Å². The van der Waals surface area contributed by atoms with Crippen LogP contribution in [0.25, 0.3) is 22.5 Å². The molecule has 0 aliphatic heterocycles. The first kappa shape index (κ1) is 16.7. The van der Waals surface area contributed by atoms with Gasteiger partial charge in [0.25, 0.3) is 0 Å². The minimum absolute atomic E-state index is 0.0377. The second-order valence-electron chi connectivity index (χ2n) is 5.32. The first-order valence-electron chi connectivity index (χ1n) is 7.11. The number of aliphatic carboxylic acids is 1. The van der Waals surface area contributed by atoms with Crippen LogP contribution in [0.4, 0.5) is 13.2 Å². The monoisotopic (exact) mass is 352 g/mol. The molecule has 1 unspecified atom stereocenters. The molecule has 3 aromatic rings. The number of carboxylic acids is 1. The van der Waals surface area contributed by atoms with E-state index in [0.717, 1.165) is 13.0 Å². The van der Waals surface area contributed by atoms with Crippen LogP contribution in [0.3, 0.4) is 0 Å². The van der Waals surface area contributed by atoms with E-state index < -0.39 is 40.7 Å². The summed E-state index contributed by atoms with van der Waals surface area (Å²) in [5.74, 6) is -2.68. The topological polar surface area (TPSA) is 85.3 Å². The van der Waals surface area contributed by atoms with E-state index in [1.165, 1.54) is 0 Å². The van der Waals surface area contributed by atoms with E-state index in [0.29, 0.717) is 10.1 Å². The van der Waals surface area contributed by atoms with E-state index >= 15 is 0 Å². The highest BCUT2D eigenvalue weighted by Gasteiger charge is 2.37. The summed E-state index contributed by atoms with van der Waals surface area (Å²) in [4.78, 5) is 27.0. The maximum Gasteiger partial charge on any atom is 0.422 e. The highest BCUT2D eigenvalue weighted by Crippen LogP contribution is 2.37. The van der Waals surface area contributed by atoms with Gasteiger partial charge >= 0.3 is 17.9 Å². The van der Waals surface area contributed by atoms with Gasteiger partial charge in [-0.3, -0.25) is 4.57 Å². The number of hydrogen-bond acceptors (Lipinski definition) is 4. The number of fused-ring (bicyclic) bond motifs is 1. The third-order valence-electron chi connectivity index (χ3n) is 3.70. The Bertz CT molecular complexity index is 1010. The van der Waals surface area contributed by atoms with Gasteiger partial charge in [-0.05, 0) is 13.0 Å². The van der Waals surface area contributed by atoms with Crippen LogP contribution in [0.15, 0.2) is 45.6 Å². The third-order valence-corrected chi connectivity index (χ3v) is 3.70. The van der Waals surface area contributed by atoms with Gasteiger partial charge in [0.1, 0.15) is 11.6 Å². The van der Waals surface area contributed by atoms with Crippen LogP contribution in [-0.2, 0) is 11.0 Å². The standard InChI is InChI=1S/C16H11F3N2O4/c1-8(14(22)23)21-12-10(16(17,18)19)7-11(9-5-3-2-4-6-9)20-13(12)25-15(21)24/h2-8H,1H3,(H,22,23). The van der Waals surface area contributed by atoms with Crippen molar-refractivity contribution < 1.29 is 27.5 Å². The number of nitrogens with zero attached hydrogens (tertiary/aromatic N) is 2. The van der Waals surface area contributed by atoms with Crippen LogP contribution in [-0.4, -0.2) is 20.6 Å². The van der Waals surface area contributed by atoms with Crippen molar-refractivity contribution in [2.24, 2.45) is 0 Å². The van der Waals surface area contributed by atoms with Crippen molar-refractivity contribution in [1.82, 2.24) is 9.55 Å². The van der Waals surface area contributed by atoms with E-state index in [1.54, 1.807) is 30.3 Å². The zero-order valence-electron chi connectivity index (χ0n) is 12.7. The maximum atomic E-state index is 13.5. The predicted molar refractivity (Wildman–Crippen MR) is 81.1 cm³/mol.